The molecule has 1 atom stereocenters. The number of para-hydroxylation sites is 1. The summed E-state index contributed by atoms with van der Waals surface area (Å²) in [7, 11) is 0. The van der Waals surface area contributed by atoms with Gasteiger partial charge in [0.05, 0.1) is 28.5 Å². The van der Waals surface area contributed by atoms with Gasteiger partial charge in [-0.15, -0.1) is 11.3 Å². The first-order valence-electron chi connectivity index (χ1n) is 8.44. The van der Waals surface area contributed by atoms with Gasteiger partial charge in [0.1, 0.15) is 10.8 Å². The third kappa shape index (κ3) is 3.58. The zero-order valence-corrected chi connectivity index (χ0v) is 15.5. The van der Waals surface area contributed by atoms with Gasteiger partial charge in [0.2, 0.25) is 5.91 Å². The first-order chi connectivity index (χ1) is 12.6. The van der Waals surface area contributed by atoms with Gasteiger partial charge in [0.25, 0.3) is 0 Å². The molecule has 0 bridgehead atoms. The highest BCUT2D eigenvalue weighted by atomic mass is 35.5. The number of fused-ring (bicyclic) bond motifs is 1. The van der Waals surface area contributed by atoms with E-state index < -0.39 is 5.82 Å². The number of aromatic nitrogens is 1. The second-order valence-corrected chi connectivity index (χ2v) is 7.82. The molecular weight excluding hydrogens is 373 g/mol. The van der Waals surface area contributed by atoms with E-state index in [1.165, 1.54) is 18.2 Å². The number of anilines is 1. The Morgan fingerprint density at radius 2 is 2.19 bits per heavy atom. The maximum Gasteiger partial charge on any atom is 0.238 e. The number of nitrogens with zero attached hydrogens (tertiary/aromatic N) is 2. The van der Waals surface area contributed by atoms with E-state index in [1.807, 2.05) is 18.2 Å². The first kappa shape index (κ1) is 17.4. The highest BCUT2D eigenvalue weighted by Gasteiger charge is 2.30. The number of benzene rings is 2. The van der Waals surface area contributed by atoms with Gasteiger partial charge in [-0.25, -0.2) is 9.37 Å². The largest absolute Gasteiger partial charge is 0.322 e. The summed E-state index contributed by atoms with van der Waals surface area (Å²) in [5, 5.41) is 4.04. The minimum absolute atomic E-state index is 0.109. The predicted molar refractivity (Wildman–Crippen MR) is 103 cm³/mol. The van der Waals surface area contributed by atoms with Crippen LogP contribution in [0.3, 0.4) is 0 Å². The van der Waals surface area contributed by atoms with Crippen molar-refractivity contribution in [2.24, 2.45) is 0 Å². The molecule has 7 heteroatoms. The zero-order valence-electron chi connectivity index (χ0n) is 13.9. The van der Waals surface area contributed by atoms with Crippen LogP contribution in [0.15, 0.2) is 42.5 Å². The molecule has 134 valence electrons. The summed E-state index contributed by atoms with van der Waals surface area (Å²) in [5.74, 6) is -0.744. The summed E-state index contributed by atoms with van der Waals surface area (Å²) in [6.45, 7) is 1.03. The number of likely N-dealkylation sites (tertiary alicyclic amines) is 1. The highest BCUT2D eigenvalue weighted by molar-refractivity contribution is 7.18. The van der Waals surface area contributed by atoms with E-state index in [-0.39, 0.29) is 24.2 Å². The van der Waals surface area contributed by atoms with Gasteiger partial charge in [-0.1, -0.05) is 23.7 Å². The number of hydrogen-bond acceptors (Lipinski definition) is 4. The van der Waals surface area contributed by atoms with Crippen molar-refractivity contribution < 1.29 is 9.18 Å². The standard InChI is InChI=1S/C19H17ClFN3OS/c20-12-7-8-13(21)15(10-12)22-18(25)11-24-9-3-5-16(24)19-23-14-4-1-2-6-17(14)26-19/h1-2,4,6-8,10,16H,3,5,9,11H2,(H,22,25). The molecule has 1 saturated heterocycles. The maximum absolute atomic E-state index is 13.8. The lowest BCUT2D eigenvalue weighted by molar-refractivity contribution is -0.117. The minimum atomic E-state index is -0.494. The Balaban J connectivity index is 1.48. The molecule has 1 aromatic heterocycles. The molecule has 1 aliphatic heterocycles. The summed E-state index contributed by atoms with van der Waals surface area (Å²) in [6.07, 6.45) is 1.98. The van der Waals surface area contributed by atoms with Crippen molar-refractivity contribution in [1.82, 2.24) is 9.88 Å². The average Bonchev–Trinajstić information content (AvgIpc) is 3.24. The number of carbonyl (C=O) groups is 1. The Bertz CT molecular complexity index is 928. The summed E-state index contributed by atoms with van der Waals surface area (Å²) in [4.78, 5) is 19.2. The van der Waals surface area contributed by atoms with Gasteiger partial charge in [-0.3, -0.25) is 9.69 Å². The van der Waals surface area contributed by atoms with Crippen LogP contribution in [-0.4, -0.2) is 28.9 Å². The van der Waals surface area contributed by atoms with Crippen molar-refractivity contribution in [2.45, 2.75) is 18.9 Å². The third-order valence-electron chi connectivity index (χ3n) is 4.51. The molecule has 1 amide bonds. The van der Waals surface area contributed by atoms with Crippen LogP contribution in [0.1, 0.15) is 23.9 Å². The minimum Gasteiger partial charge on any atom is -0.322 e. The quantitative estimate of drug-likeness (QED) is 0.692. The van der Waals surface area contributed by atoms with Crippen molar-refractivity contribution >= 4 is 44.7 Å². The number of thiazole rings is 1. The lowest BCUT2D eigenvalue weighted by Crippen LogP contribution is -2.33. The molecule has 3 aromatic rings. The molecule has 0 aliphatic carbocycles. The molecule has 0 spiro atoms. The Labute approximate surface area is 159 Å². The van der Waals surface area contributed by atoms with E-state index in [9.17, 15) is 9.18 Å². The number of carbonyl (C=O) groups excluding carboxylic acids is 1. The molecule has 2 aromatic carbocycles. The number of nitrogens with one attached hydrogen (secondary N) is 1. The molecule has 1 N–H and O–H groups in total. The van der Waals surface area contributed by atoms with Crippen LogP contribution >= 0.6 is 22.9 Å². The SMILES string of the molecule is O=C(CN1CCCC1c1nc2ccccc2s1)Nc1cc(Cl)ccc1F. The van der Waals surface area contributed by atoms with E-state index in [4.69, 9.17) is 16.6 Å². The monoisotopic (exact) mass is 389 g/mol. The van der Waals surface area contributed by atoms with E-state index >= 15 is 0 Å². The van der Waals surface area contributed by atoms with Gasteiger partial charge in [0.15, 0.2) is 0 Å². The summed E-state index contributed by atoms with van der Waals surface area (Å²) < 4.78 is 15.0. The fourth-order valence-electron chi connectivity index (χ4n) is 3.30. The molecule has 4 nitrogen and oxygen atoms in total. The van der Waals surface area contributed by atoms with E-state index in [1.54, 1.807) is 11.3 Å². The highest BCUT2D eigenvalue weighted by Crippen LogP contribution is 2.36. The van der Waals surface area contributed by atoms with Crippen LogP contribution < -0.4 is 5.32 Å². The normalized spacial score (nSPS) is 17.7. The number of halogens is 2. The summed E-state index contributed by atoms with van der Waals surface area (Å²) in [6, 6.07) is 12.3. The molecule has 1 fully saturated rings. The van der Waals surface area contributed by atoms with Crippen molar-refractivity contribution in [1.29, 1.82) is 0 Å². The van der Waals surface area contributed by atoms with Gasteiger partial charge in [-0.2, -0.15) is 0 Å². The Hall–Kier alpha value is -2.02. The molecule has 26 heavy (non-hydrogen) atoms. The molecule has 0 radical (unpaired) electrons. The lowest BCUT2D eigenvalue weighted by Gasteiger charge is -2.22. The van der Waals surface area contributed by atoms with Crippen molar-refractivity contribution in [3.05, 3.63) is 58.3 Å². The van der Waals surface area contributed by atoms with E-state index in [0.29, 0.717) is 5.02 Å². The molecule has 1 unspecified atom stereocenters. The lowest BCUT2D eigenvalue weighted by atomic mass is 10.2. The van der Waals surface area contributed by atoms with Gasteiger partial charge < -0.3 is 5.32 Å². The van der Waals surface area contributed by atoms with Crippen LogP contribution in [0.5, 0.6) is 0 Å². The molecule has 1 aliphatic rings. The van der Waals surface area contributed by atoms with Gasteiger partial charge >= 0.3 is 0 Å². The zero-order chi connectivity index (χ0) is 18.1. The number of amides is 1. The van der Waals surface area contributed by atoms with Crippen LogP contribution in [-0.2, 0) is 4.79 Å². The fourth-order valence-corrected chi connectivity index (χ4v) is 4.60. The van der Waals surface area contributed by atoms with Crippen molar-refractivity contribution in [2.75, 3.05) is 18.4 Å². The Kier molecular flexibility index (Phi) is 4.89. The fraction of sp³-hybridized carbons (Fsp3) is 0.263. The summed E-state index contributed by atoms with van der Waals surface area (Å²) in [5.41, 5.74) is 1.10. The predicted octanol–water partition coefficient (Wildman–Crippen LogP) is 4.86. The summed E-state index contributed by atoms with van der Waals surface area (Å²) >= 11 is 7.55. The number of hydrogen-bond donors (Lipinski definition) is 1. The van der Waals surface area contributed by atoms with Crippen LogP contribution in [0, 0.1) is 5.82 Å². The van der Waals surface area contributed by atoms with Crippen molar-refractivity contribution in [3.63, 3.8) is 0 Å². The van der Waals surface area contributed by atoms with Gasteiger partial charge in [0, 0.05) is 5.02 Å². The van der Waals surface area contributed by atoms with Crippen molar-refractivity contribution in [3.8, 4) is 0 Å². The van der Waals surface area contributed by atoms with Crippen LogP contribution in [0.2, 0.25) is 5.02 Å². The average molecular weight is 390 g/mol. The molecule has 4 rings (SSSR count). The Morgan fingerprint density at radius 3 is 3.04 bits per heavy atom. The first-order valence-corrected chi connectivity index (χ1v) is 9.64. The molecule has 0 saturated carbocycles. The topological polar surface area (TPSA) is 45.2 Å². The van der Waals surface area contributed by atoms with Crippen LogP contribution in [0.4, 0.5) is 10.1 Å². The second-order valence-electron chi connectivity index (χ2n) is 6.32. The smallest absolute Gasteiger partial charge is 0.238 e. The molecular formula is C19H17ClFN3OS. The number of rotatable bonds is 4. The third-order valence-corrected chi connectivity index (χ3v) is 5.88. The van der Waals surface area contributed by atoms with Crippen LogP contribution in [0.25, 0.3) is 10.2 Å². The van der Waals surface area contributed by atoms with E-state index in [2.05, 4.69) is 16.3 Å². The second kappa shape index (κ2) is 7.31. The van der Waals surface area contributed by atoms with Gasteiger partial charge in [-0.05, 0) is 49.7 Å². The maximum atomic E-state index is 13.8. The van der Waals surface area contributed by atoms with E-state index in [0.717, 1.165) is 34.6 Å². The molecule has 2 heterocycles. The Morgan fingerprint density at radius 1 is 1.35 bits per heavy atom.